The van der Waals surface area contributed by atoms with Gasteiger partial charge >= 0.3 is 5.97 Å². The van der Waals surface area contributed by atoms with Crippen molar-refractivity contribution in [2.24, 2.45) is 22.7 Å². The zero-order valence-corrected chi connectivity index (χ0v) is 21.1. The van der Waals surface area contributed by atoms with Crippen LogP contribution in [0.25, 0.3) is 0 Å². The van der Waals surface area contributed by atoms with Crippen LogP contribution < -0.4 is 0 Å². The van der Waals surface area contributed by atoms with E-state index in [-0.39, 0.29) is 30.0 Å². The Morgan fingerprint density at radius 3 is 2.44 bits per heavy atom. The van der Waals surface area contributed by atoms with Crippen LogP contribution in [0.5, 0.6) is 0 Å². The summed E-state index contributed by atoms with van der Waals surface area (Å²) in [5, 5.41) is 22.7. The summed E-state index contributed by atoms with van der Waals surface area (Å²) >= 11 is 0. The van der Waals surface area contributed by atoms with Gasteiger partial charge in [-0.25, -0.2) is 4.79 Å². The van der Waals surface area contributed by atoms with E-state index in [0.29, 0.717) is 24.8 Å². The number of carbonyl (C=O) groups is 2. The number of hydrogen-bond acceptors (Lipinski definition) is 6. The molecule has 1 saturated heterocycles. The first kappa shape index (κ1) is 22.9. The fraction of sp³-hybridized carbons (Fsp3) is 0.786. The number of cyclic esters (lactones) is 1. The van der Waals surface area contributed by atoms with E-state index in [4.69, 9.17) is 9.47 Å². The van der Waals surface area contributed by atoms with Crippen molar-refractivity contribution in [3.8, 4) is 0 Å². The van der Waals surface area contributed by atoms with Crippen molar-refractivity contribution >= 4 is 11.8 Å². The molecule has 0 spiro atoms. The molecule has 0 aromatic heterocycles. The molecule has 4 aliphatic carbocycles. The van der Waals surface area contributed by atoms with Gasteiger partial charge in [-0.1, -0.05) is 24.1 Å². The lowest BCUT2D eigenvalue weighted by atomic mass is 9.45. The smallest absolute Gasteiger partial charge is 0.334 e. The van der Waals surface area contributed by atoms with Crippen LogP contribution in [0, 0.1) is 22.7 Å². The molecule has 0 aromatic carbocycles. The van der Waals surface area contributed by atoms with Gasteiger partial charge in [-0.2, -0.15) is 0 Å². The van der Waals surface area contributed by atoms with Gasteiger partial charge in [0.2, 0.25) is 0 Å². The van der Waals surface area contributed by atoms with Crippen molar-refractivity contribution in [1.82, 2.24) is 0 Å². The van der Waals surface area contributed by atoms with Crippen LogP contribution in [0.2, 0.25) is 0 Å². The second kappa shape index (κ2) is 6.63. The van der Waals surface area contributed by atoms with Crippen LogP contribution in [0.15, 0.2) is 22.8 Å². The maximum Gasteiger partial charge on any atom is 0.334 e. The normalized spacial score (nSPS) is 54.3. The largest absolute Gasteiger partial charge is 0.455 e. The predicted octanol–water partition coefficient (Wildman–Crippen LogP) is 3.78. The number of ether oxygens (including phenoxy) is 2. The Labute approximate surface area is 201 Å². The maximum atomic E-state index is 13.4. The fourth-order valence-corrected chi connectivity index (χ4v) is 9.45. The summed E-state index contributed by atoms with van der Waals surface area (Å²) in [5.41, 5.74) is -1.03. The average molecular weight is 471 g/mol. The Morgan fingerprint density at radius 2 is 1.74 bits per heavy atom. The van der Waals surface area contributed by atoms with E-state index in [0.717, 1.165) is 36.8 Å². The summed E-state index contributed by atoms with van der Waals surface area (Å²) in [5.74, 6) is 0.0481. The third-order valence-electron chi connectivity index (χ3n) is 11.7. The van der Waals surface area contributed by atoms with Gasteiger partial charge in [0, 0.05) is 23.8 Å². The lowest BCUT2D eigenvalue weighted by Gasteiger charge is -2.59. The second-order valence-corrected chi connectivity index (χ2v) is 12.7. The van der Waals surface area contributed by atoms with Crippen molar-refractivity contribution in [3.63, 3.8) is 0 Å². The van der Waals surface area contributed by atoms with E-state index < -0.39 is 39.8 Å². The Bertz CT molecular complexity index is 1060. The number of hydrogen-bond donors (Lipinski definition) is 2. The number of Topliss-reactive ketones (excluding diaryl/α,β-unsaturated/α-hetero) is 1. The molecular formula is C28H38O6. The van der Waals surface area contributed by atoms with E-state index >= 15 is 0 Å². The van der Waals surface area contributed by atoms with Crippen molar-refractivity contribution in [2.45, 2.75) is 115 Å². The van der Waals surface area contributed by atoms with Crippen LogP contribution in [0.1, 0.15) is 86.0 Å². The number of allylic oxidation sites excluding steroid dienone is 1. The van der Waals surface area contributed by atoms with Gasteiger partial charge in [-0.3, -0.25) is 4.79 Å². The first-order valence-electron chi connectivity index (χ1n) is 13.0. The first-order chi connectivity index (χ1) is 15.8. The molecule has 0 aromatic rings. The van der Waals surface area contributed by atoms with E-state index in [1.54, 1.807) is 6.92 Å². The first-order valence-corrected chi connectivity index (χ1v) is 13.0. The molecule has 186 valence electrons. The summed E-state index contributed by atoms with van der Waals surface area (Å²) in [4.78, 5) is 26.0. The monoisotopic (exact) mass is 470 g/mol. The number of aliphatic hydroxyl groups is 2. The van der Waals surface area contributed by atoms with Gasteiger partial charge in [0.25, 0.3) is 0 Å². The van der Waals surface area contributed by atoms with Crippen LogP contribution in [-0.2, 0) is 19.1 Å². The van der Waals surface area contributed by atoms with Crippen LogP contribution in [-0.4, -0.2) is 51.0 Å². The molecule has 4 fully saturated rings. The van der Waals surface area contributed by atoms with Gasteiger partial charge in [0.05, 0.1) is 17.1 Å². The van der Waals surface area contributed by atoms with Gasteiger partial charge < -0.3 is 19.7 Å². The minimum atomic E-state index is -1.11. The second-order valence-electron chi connectivity index (χ2n) is 12.7. The lowest BCUT2D eigenvalue weighted by Crippen LogP contribution is -2.63. The highest BCUT2D eigenvalue weighted by molar-refractivity contribution is 5.90. The third-order valence-corrected chi connectivity index (χ3v) is 11.7. The summed E-state index contributed by atoms with van der Waals surface area (Å²) in [6, 6.07) is 0. The number of esters is 1. The molecular weight excluding hydrogens is 432 g/mol. The molecule has 3 saturated carbocycles. The molecule has 9 atom stereocenters. The maximum absolute atomic E-state index is 13.4. The van der Waals surface area contributed by atoms with Gasteiger partial charge in [0.1, 0.15) is 23.1 Å². The molecule has 2 N–H and O–H groups in total. The zero-order chi connectivity index (χ0) is 24.5. The van der Waals surface area contributed by atoms with Crippen LogP contribution in [0.3, 0.4) is 0 Å². The van der Waals surface area contributed by atoms with Crippen molar-refractivity contribution in [1.29, 1.82) is 0 Å². The molecule has 6 rings (SSSR count). The molecule has 34 heavy (non-hydrogen) atoms. The van der Waals surface area contributed by atoms with Gasteiger partial charge in [-0.15, -0.1) is 0 Å². The SMILES string of the molecule is CC1=C(C)C(=O)OC([C@@]2(C)O[C@@]34CC[C@@]2(O)[C@@]3(C)CC[C@H]2[C@H]4CC=C3C[C@@H](O)CC(=O)[C@@]32C)C1. The summed E-state index contributed by atoms with van der Waals surface area (Å²) in [6.45, 7) is 9.96. The summed E-state index contributed by atoms with van der Waals surface area (Å²) < 4.78 is 13.0. The molecule has 2 heterocycles. The topological polar surface area (TPSA) is 93.1 Å². The lowest BCUT2D eigenvalue weighted by molar-refractivity contribution is -0.248. The minimum Gasteiger partial charge on any atom is -0.455 e. The van der Waals surface area contributed by atoms with Crippen molar-refractivity contribution in [3.05, 3.63) is 22.8 Å². The molecule has 1 unspecified atom stereocenters. The molecule has 0 radical (unpaired) electrons. The molecule has 2 aliphatic heterocycles. The molecule has 6 aliphatic rings. The third kappa shape index (κ3) is 2.30. The highest BCUT2D eigenvalue weighted by Gasteiger charge is 2.84. The molecule has 6 heteroatoms. The summed E-state index contributed by atoms with van der Waals surface area (Å²) in [7, 11) is 0. The number of fused-ring (bicyclic) bond motifs is 3. The van der Waals surface area contributed by atoms with Crippen molar-refractivity contribution < 1.29 is 29.3 Å². The van der Waals surface area contributed by atoms with Crippen LogP contribution >= 0.6 is 0 Å². The number of ketones is 1. The molecule has 6 nitrogen and oxygen atoms in total. The molecule has 2 bridgehead atoms. The summed E-state index contributed by atoms with van der Waals surface area (Å²) in [6.07, 6.45) is 6.19. The van der Waals surface area contributed by atoms with E-state index in [1.807, 2.05) is 13.8 Å². The van der Waals surface area contributed by atoms with E-state index in [1.165, 1.54) is 0 Å². The Kier molecular flexibility index (Phi) is 4.47. The highest BCUT2D eigenvalue weighted by Crippen LogP contribution is 2.77. The Morgan fingerprint density at radius 1 is 1.00 bits per heavy atom. The predicted molar refractivity (Wildman–Crippen MR) is 125 cm³/mol. The van der Waals surface area contributed by atoms with Gasteiger partial charge in [0.15, 0.2) is 0 Å². The number of aliphatic hydroxyl groups excluding tert-OH is 1. The minimum absolute atomic E-state index is 0.104. The van der Waals surface area contributed by atoms with Gasteiger partial charge in [-0.05, 0) is 78.1 Å². The number of rotatable bonds is 1. The fourth-order valence-electron chi connectivity index (χ4n) is 9.45. The van der Waals surface area contributed by atoms with E-state index in [2.05, 4.69) is 19.9 Å². The Balaban J connectivity index is 1.44. The average Bonchev–Trinajstić information content (AvgIpc) is 3.10. The standard InChI is InChI=1S/C28H38O6/c1-15-12-22(33-23(31)16(15)2)26(5)28(32)11-10-27(34-26)20-7-6-17-13-18(29)14-21(30)25(17,4)19(20)8-9-24(27,28)3/h6,18-20,22,29,32H,7-14H2,1-5H3/t18-,19+,20-,22?,24+,25+,26-,27-,28-/m1/s1. The van der Waals surface area contributed by atoms with Crippen LogP contribution in [0.4, 0.5) is 0 Å². The number of carbonyl (C=O) groups excluding carboxylic acids is 2. The quantitative estimate of drug-likeness (QED) is 0.448. The highest BCUT2D eigenvalue weighted by atomic mass is 16.6. The van der Waals surface area contributed by atoms with E-state index in [9.17, 15) is 19.8 Å². The molecule has 0 amide bonds. The van der Waals surface area contributed by atoms with Crippen molar-refractivity contribution in [2.75, 3.05) is 0 Å². The zero-order valence-electron chi connectivity index (χ0n) is 21.1. The Hall–Kier alpha value is -1.50.